The number of rotatable bonds is 8. The van der Waals surface area contributed by atoms with E-state index >= 15 is 0 Å². The lowest BCUT2D eigenvalue weighted by molar-refractivity contribution is 0.505. The second kappa shape index (κ2) is 7.84. The molecule has 1 aromatic heterocycles. The smallest absolute Gasteiger partial charge is 0.124 e. The zero-order valence-electron chi connectivity index (χ0n) is 13.5. The first-order valence-electron chi connectivity index (χ1n) is 8.14. The second-order valence-corrected chi connectivity index (χ2v) is 6.62. The number of alkyl halides is 1. The summed E-state index contributed by atoms with van der Waals surface area (Å²) in [5.41, 5.74) is 3.57. The highest BCUT2D eigenvalue weighted by atomic mass is 35.5. The number of aromatic nitrogens is 2. The molecule has 0 radical (unpaired) electrons. The van der Waals surface area contributed by atoms with E-state index in [1.807, 2.05) is 0 Å². The van der Waals surface area contributed by atoms with Crippen molar-refractivity contribution >= 4 is 22.6 Å². The molecule has 2 aromatic rings. The first-order valence-corrected chi connectivity index (χ1v) is 8.67. The number of unbranched alkanes of at least 4 members (excludes halogenated alkanes) is 3. The molecule has 0 saturated carbocycles. The molecule has 1 heterocycles. The van der Waals surface area contributed by atoms with Crippen LogP contribution in [0.2, 0.25) is 0 Å². The van der Waals surface area contributed by atoms with Gasteiger partial charge in [0, 0.05) is 6.54 Å². The Bertz CT molecular complexity index is 572. The van der Waals surface area contributed by atoms with E-state index in [0.717, 1.165) is 23.8 Å². The molecule has 0 N–H and O–H groups in total. The van der Waals surface area contributed by atoms with Gasteiger partial charge < -0.3 is 4.57 Å². The Balaban J connectivity index is 1.96. The second-order valence-electron chi connectivity index (χ2n) is 6.35. The van der Waals surface area contributed by atoms with Crippen LogP contribution in [0.15, 0.2) is 18.2 Å². The number of hydrogen-bond acceptors (Lipinski definition) is 1. The number of aryl methyl sites for hydroxylation is 2. The number of hydrogen-bond donors (Lipinski definition) is 0. The number of benzene rings is 1. The van der Waals surface area contributed by atoms with Crippen molar-refractivity contribution in [2.75, 3.05) is 0 Å². The zero-order valence-corrected chi connectivity index (χ0v) is 14.3. The van der Waals surface area contributed by atoms with Crippen LogP contribution in [0.3, 0.4) is 0 Å². The van der Waals surface area contributed by atoms with Gasteiger partial charge in [-0.2, -0.15) is 0 Å². The molecule has 0 bridgehead atoms. The molecule has 0 aliphatic heterocycles. The summed E-state index contributed by atoms with van der Waals surface area (Å²) >= 11 is 6.07. The summed E-state index contributed by atoms with van der Waals surface area (Å²) in [7, 11) is 0. The van der Waals surface area contributed by atoms with E-state index in [0.29, 0.717) is 5.88 Å². The molecule has 0 amide bonds. The fourth-order valence-electron chi connectivity index (χ4n) is 2.86. The van der Waals surface area contributed by atoms with Gasteiger partial charge in [-0.1, -0.05) is 51.7 Å². The third kappa shape index (κ3) is 4.23. The zero-order chi connectivity index (χ0) is 15.2. The Morgan fingerprint density at radius 3 is 2.62 bits per heavy atom. The van der Waals surface area contributed by atoms with Crippen LogP contribution < -0.4 is 0 Å². The highest BCUT2D eigenvalue weighted by molar-refractivity contribution is 6.16. The van der Waals surface area contributed by atoms with Crippen LogP contribution in [0, 0.1) is 12.8 Å². The van der Waals surface area contributed by atoms with Crippen LogP contribution in [-0.4, -0.2) is 9.55 Å². The first-order chi connectivity index (χ1) is 10.1. The van der Waals surface area contributed by atoms with Crippen molar-refractivity contribution < 1.29 is 0 Å². The third-order valence-electron chi connectivity index (χ3n) is 4.09. The normalized spacial score (nSPS) is 11.7. The molecular weight excluding hydrogens is 280 g/mol. The minimum Gasteiger partial charge on any atom is -0.327 e. The fourth-order valence-corrected chi connectivity index (χ4v) is 3.07. The monoisotopic (exact) mass is 306 g/mol. The van der Waals surface area contributed by atoms with Crippen LogP contribution in [0.25, 0.3) is 11.0 Å². The molecule has 0 unspecified atom stereocenters. The van der Waals surface area contributed by atoms with Gasteiger partial charge in [0.1, 0.15) is 5.82 Å². The van der Waals surface area contributed by atoms with Gasteiger partial charge in [0.25, 0.3) is 0 Å². The van der Waals surface area contributed by atoms with Crippen molar-refractivity contribution in [1.29, 1.82) is 0 Å². The standard InChI is InChI=1S/C18H27ClN2/c1-14(2)9-6-4-5-7-12-21-16-11-8-10-15(3)18(16)20-17(21)13-19/h8,10-11,14H,4-7,9,12-13H2,1-3H3. The van der Waals surface area contributed by atoms with Crippen LogP contribution in [0.1, 0.15) is 57.3 Å². The number of imidazole rings is 1. The molecule has 0 fully saturated rings. The highest BCUT2D eigenvalue weighted by Crippen LogP contribution is 2.21. The van der Waals surface area contributed by atoms with Crippen molar-refractivity contribution in [3.8, 4) is 0 Å². The van der Waals surface area contributed by atoms with Crippen LogP contribution >= 0.6 is 11.6 Å². The van der Waals surface area contributed by atoms with E-state index in [1.165, 1.54) is 43.2 Å². The Morgan fingerprint density at radius 1 is 1.14 bits per heavy atom. The number of nitrogens with zero attached hydrogens (tertiary/aromatic N) is 2. The minimum absolute atomic E-state index is 0.488. The molecule has 116 valence electrons. The molecular formula is C18H27ClN2. The fraction of sp³-hybridized carbons (Fsp3) is 0.611. The average Bonchev–Trinajstić information content (AvgIpc) is 2.82. The predicted molar refractivity (Wildman–Crippen MR) is 92.0 cm³/mol. The molecule has 1 aromatic carbocycles. The maximum atomic E-state index is 6.07. The Hall–Kier alpha value is -1.02. The van der Waals surface area contributed by atoms with Crippen LogP contribution in [-0.2, 0) is 12.4 Å². The van der Waals surface area contributed by atoms with E-state index < -0.39 is 0 Å². The minimum atomic E-state index is 0.488. The van der Waals surface area contributed by atoms with Crippen LogP contribution in [0.5, 0.6) is 0 Å². The lowest BCUT2D eigenvalue weighted by Crippen LogP contribution is -2.02. The van der Waals surface area contributed by atoms with Gasteiger partial charge in [-0.05, 0) is 30.9 Å². The van der Waals surface area contributed by atoms with Crippen LogP contribution in [0.4, 0.5) is 0 Å². The number of para-hydroxylation sites is 1. The highest BCUT2D eigenvalue weighted by Gasteiger charge is 2.10. The molecule has 0 atom stereocenters. The summed E-state index contributed by atoms with van der Waals surface area (Å²) in [5, 5.41) is 0. The summed E-state index contributed by atoms with van der Waals surface area (Å²) in [5.74, 6) is 2.32. The van der Waals surface area contributed by atoms with E-state index in [9.17, 15) is 0 Å². The molecule has 2 nitrogen and oxygen atoms in total. The third-order valence-corrected chi connectivity index (χ3v) is 4.33. The van der Waals surface area contributed by atoms with E-state index in [-0.39, 0.29) is 0 Å². The molecule has 2 rings (SSSR count). The topological polar surface area (TPSA) is 17.8 Å². The van der Waals surface area contributed by atoms with E-state index in [2.05, 4.69) is 43.5 Å². The average molecular weight is 307 g/mol. The molecule has 0 aliphatic rings. The summed E-state index contributed by atoms with van der Waals surface area (Å²) in [6, 6.07) is 6.38. The van der Waals surface area contributed by atoms with Crippen molar-refractivity contribution in [3.05, 3.63) is 29.6 Å². The summed E-state index contributed by atoms with van der Waals surface area (Å²) in [6.07, 6.45) is 6.53. The van der Waals surface area contributed by atoms with Gasteiger partial charge in [0.15, 0.2) is 0 Å². The summed E-state index contributed by atoms with van der Waals surface area (Å²) in [6.45, 7) is 7.74. The van der Waals surface area contributed by atoms with Gasteiger partial charge in [0.2, 0.25) is 0 Å². The number of fused-ring (bicyclic) bond motifs is 1. The Morgan fingerprint density at radius 2 is 1.90 bits per heavy atom. The number of halogens is 1. The van der Waals surface area contributed by atoms with E-state index in [4.69, 9.17) is 16.6 Å². The largest absolute Gasteiger partial charge is 0.327 e. The van der Waals surface area contributed by atoms with E-state index in [1.54, 1.807) is 0 Å². The maximum absolute atomic E-state index is 6.07. The van der Waals surface area contributed by atoms with Crippen molar-refractivity contribution in [2.24, 2.45) is 5.92 Å². The first kappa shape index (κ1) is 16.4. The lowest BCUT2D eigenvalue weighted by Gasteiger charge is -2.08. The Kier molecular flexibility index (Phi) is 6.10. The van der Waals surface area contributed by atoms with Gasteiger partial charge in [-0.25, -0.2) is 4.98 Å². The molecule has 0 spiro atoms. The van der Waals surface area contributed by atoms with Gasteiger partial charge in [-0.15, -0.1) is 11.6 Å². The summed E-state index contributed by atoms with van der Waals surface area (Å²) in [4.78, 5) is 4.70. The maximum Gasteiger partial charge on any atom is 0.124 e. The van der Waals surface area contributed by atoms with Gasteiger partial charge in [-0.3, -0.25) is 0 Å². The lowest BCUT2D eigenvalue weighted by atomic mass is 10.0. The van der Waals surface area contributed by atoms with Crippen molar-refractivity contribution in [2.45, 2.75) is 65.3 Å². The molecule has 21 heavy (non-hydrogen) atoms. The quantitative estimate of drug-likeness (QED) is 0.452. The van der Waals surface area contributed by atoms with Gasteiger partial charge >= 0.3 is 0 Å². The molecule has 0 saturated heterocycles. The summed E-state index contributed by atoms with van der Waals surface area (Å²) < 4.78 is 2.30. The Labute approximate surface area is 133 Å². The molecule has 0 aliphatic carbocycles. The van der Waals surface area contributed by atoms with Crippen molar-refractivity contribution in [1.82, 2.24) is 9.55 Å². The van der Waals surface area contributed by atoms with Gasteiger partial charge in [0.05, 0.1) is 16.9 Å². The van der Waals surface area contributed by atoms with Crippen molar-refractivity contribution in [3.63, 3.8) is 0 Å². The predicted octanol–water partition coefficient (Wildman–Crippen LogP) is 5.69. The molecule has 3 heteroatoms. The SMILES string of the molecule is Cc1cccc2c1nc(CCl)n2CCCCCCC(C)C.